The Morgan fingerprint density at radius 2 is 1.85 bits per heavy atom. The lowest BCUT2D eigenvalue weighted by atomic mass is 9.85. The van der Waals surface area contributed by atoms with E-state index in [1.165, 1.54) is 0 Å². The molecular formula is C22H30N6O5. The Hall–Kier alpha value is -3.05. The highest BCUT2D eigenvalue weighted by molar-refractivity contribution is 5.78. The molecule has 33 heavy (non-hydrogen) atoms. The van der Waals surface area contributed by atoms with Crippen molar-refractivity contribution in [1.29, 1.82) is 0 Å². The minimum Gasteiger partial charge on any atom is -0.481 e. The molecule has 0 aliphatic carbocycles. The van der Waals surface area contributed by atoms with Crippen LogP contribution in [0.3, 0.4) is 0 Å². The highest BCUT2D eigenvalue weighted by atomic mass is 16.6. The number of carbonyl (C=O) groups is 2. The van der Waals surface area contributed by atoms with Gasteiger partial charge >= 0.3 is 5.97 Å². The number of carboxylic acid groups (broad SMARTS) is 1. The largest absolute Gasteiger partial charge is 0.481 e. The van der Waals surface area contributed by atoms with Crippen molar-refractivity contribution >= 4 is 17.6 Å². The van der Waals surface area contributed by atoms with Crippen LogP contribution in [-0.4, -0.2) is 82.7 Å². The second-order valence-electron chi connectivity index (χ2n) is 9.64. The first-order valence-corrected chi connectivity index (χ1v) is 10.9. The summed E-state index contributed by atoms with van der Waals surface area (Å²) in [6, 6.07) is 7.42. The molecule has 0 bridgehead atoms. The number of nitrogens with one attached hydrogen (secondary N) is 1. The predicted molar refractivity (Wildman–Crippen MR) is 119 cm³/mol. The van der Waals surface area contributed by atoms with Crippen molar-refractivity contribution in [2.45, 2.75) is 51.0 Å². The van der Waals surface area contributed by atoms with E-state index >= 15 is 0 Å². The van der Waals surface area contributed by atoms with Crippen molar-refractivity contribution in [2.24, 2.45) is 5.41 Å². The third-order valence-electron chi connectivity index (χ3n) is 6.09. The number of hydrogen-bond acceptors (Lipinski definition) is 8. The van der Waals surface area contributed by atoms with Crippen LogP contribution in [-0.2, 0) is 19.1 Å². The van der Waals surface area contributed by atoms with Crippen LogP contribution >= 0.6 is 0 Å². The van der Waals surface area contributed by atoms with Crippen LogP contribution in [0.4, 0.5) is 5.69 Å². The molecule has 178 valence electrons. The molecule has 1 amide bonds. The molecule has 11 heteroatoms. The fourth-order valence-corrected chi connectivity index (χ4v) is 4.49. The van der Waals surface area contributed by atoms with Gasteiger partial charge in [-0.05, 0) is 40.1 Å². The highest BCUT2D eigenvalue weighted by Gasteiger charge is 2.50. The van der Waals surface area contributed by atoms with E-state index in [9.17, 15) is 9.59 Å². The summed E-state index contributed by atoms with van der Waals surface area (Å²) in [7, 11) is 3.96. The molecule has 2 N–H and O–H groups in total. The Morgan fingerprint density at radius 3 is 2.52 bits per heavy atom. The van der Waals surface area contributed by atoms with Crippen molar-refractivity contribution in [1.82, 2.24) is 25.5 Å². The first-order valence-electron chi connectivity index (χ1n) is 10.9. The molecule has 4 unspecified atom stereocenters. The van der Waals surface area contributed by atoms with Crippen LogP contribution in [0.2, 0.25) is 0 Å². The molecule has 2 aromatic rings. The molecule has 0 radical (unpaired) electrons. The van der Waals surface area contributed by atoms with Crippen molar-refractivity contribution in [2.75, 3.05) is 32.2 Å². The average Bonchev–Trinajstić information content (AvgIpc) is 3.43. The number of rotatable bonds is 8. The minimum atomic E-state index is -0.923. The molecule has 0 spiro atoms. The smallest absolute Gasteiger partial charge is 0.303 e. The predicted octanol–water partition coefficient (Wildman–Crippen LogP) is 1.12. The normalized spacial score (nSPS) is 24.5. The molecule has 2 saturated heterocycles. The molecule has 2 aliphatic rings. The minimum absolute atomic E-state index is 0.0796. The summed E-state index contributed by atoms with van der Waals surface area (Å²) in [4.78, 5) is 25.6. The quantitative estimate of drug-likeness (QED) is 0.597. The summed E-state index contributed by atoms with van der Waals surface area (Å²) in [5.74, 6) is -0.514. The van der Waals surface area contributed by atoms with Crippen molar-refractivity contribution in [3.05, 3.63) is 24.3 Å². The van der Waals surface area contributed by atoms with Crippen LogP contribution < -0.4 is 10.2 Å². The summed E-state index contributed by atoms with van der Waals surface area (Å²) in [5, 5.41) is 24.3. The lowest BCUT2D eigenvalue weighted by molar-refractivity contribution is -0.139. The van der Waals surface area contributed by atoms with Gasteiger partial charge < -0.3 is 24.8 Å². The van der Waals surface area contributed by atoms with E-state index in [1.807, 2.05) is 43.3 Å². The number of fused-ring (bicyclic) bond motifs is 1. The van der Waals surface area contributed by atoms with Gasteiger partial charge in [-0.25, -0.2) is 4.68 Å². The van der Waals surface area contributed by atoms with E-state index in [-0.39, 0.29) is 43.0 Å². The zero-order valence-electron chi connectivity index (χ0n) is 19.3. The van der Waals surface area contributed by atoms with Gasteiger partial charge in [0.2, 0.25) is 5.91 Å². The molecule has 1 aromatic heterocycles. The van der Waals surface area contributed by atoms with Gasteiger partial charge in [-0.2, -0.15) is 0 Å². The number of nitrogens with zero attached hydrogens (tertiary/aromatic N) is 5. The van der Waals surface area contributed by atoms with E-state index in [4.69, 9.17) is 14.6 Å². The lowest BCUT2D eigenvalue weighted by Gasteiger charge is -2.24. The maximum Gasteiger partial charge on any atom is 0.303 e. The van der Waals surface area contributed by atoms with E-state index in [2.05, 4.69) is 20.8 Å². The molecule has 1 aromatic carbocycles. The Labute approximate surface area is 192 Å². The average molecular weight is 459 g/mol. The summed E-state index contributed by atoms with van der Waals surface area (Å²) in [5.41, 5.74) is 1.32. The zero-order chi connectivity index (χ0) is 23.8. The van der Waals surface area contributed by atoms with Gasteiger partial charge in [0.25, 0.3) is 0 Å². The Bertz CT molecular complexity index is 1000. The fourth-order valence-electron chi connectivity index (χ4n) is 4.49. The van der Waals surface area contributed by atoms with Gasteiger partial charge in [-0.3, -0.25) is 9.59 Å². The topological polar surface area (TPSA) is 132 Å². The van der Waals surface area contributed by atoms with Crippen LogP contribution in [0.15, 0.2) is 24.3 Å². The van der Waals surface area contributed by atoms with Crippen LogP contribution in [0.1, 0.15) is 32.7 Å². The molecule has 2 fully saturated rings. The zero-order valence-corrected chi connectivity index (χ0v) is 19.3. The number of benzene rings is 1. The Morgan fingerprint density at radius 1 is 1.15 bits per heavy atom. The van der Waals surface area contributed by atoms with Gasteiger partial charge in [0.05, 0.1) is 25.7 Å². The van der Waals surface area contributed by atoms with Crippen molar-refractivity contribution < 1.29 is 24.2 Å². The van der Waals surface area contributed by atoms with E-state index < -0.39 is 11.4 Å². The van der Waals surface area contributed by atoms with Crippen LogP contribution in [0, 0.1) is 5.41 Å². The van der Waals surface area contributed by atoms with Gasteiger partial charge in [0.1, 0.15) is 18.2 Å². The number of ether oxygens (including phenoxy) is 2. The number of amides is 1. The third-order valence-corrected chi connectivity index (χ3v) is 6.09. The van der Waals surface area contributed by atoms with Gasteiger partial charge in [-0.15, -0.1) is 5.10 Å². The van der Waals surface area contributed by atoms with Gasteiger partial charge in [-0.1, -0.05) is 13.8 Å². The monoisotopic (exact) mass is 458 g/mol. The number of hydrogen-bond donors (Lipinski definition) is 2. The SMILES string of the molecule is CN(C)c1ccc(-c2nnnn2C2COC3C(NC(=O)CC(C)(C)CC(=O)O)COC32)cc1. The molecule has 4 atom stereocenters. The summed E-state index contributed by atoms with van der Waals surface area (Å²) >= 11 is 0. The first-order chi connectivity index (χ1) is 15.6. The van der Waals surface area contributed by atoms with Crippen LogP contribution in [0.25, 0.3) is 11.4 Å². The number of aliphatic carboxylic acids is 1. The number of aromatic nitrogens is 4. The Kier molecular flexibility index (Phi) is 6.35. The molecular weight excluding hydrogens is 428 g/mol. The molecule has 0 saturated carbocycles. The second-order valence-corrected chi connectivity index (χ2v) is 9.64. The van der Waals surface area contributed by atoms with E-state index in [0.29, 0.717) is 19.0 Å². The van der Waals surface area contributed by atoms with Crippen molar-refractivity contribution in [3.8, 4) is 11.4 Å². The number of carbonyl (C=O) groups excluding carboxylic acids is 1. The maximum atomic E-state index is 12.6. The van der Waals surface area contributed by atoms with Crippen LogP contribution in [0.5, 0.6) is 0 Å². The van der Waals surface area contributed by atoms with E-state index in [1.54, 1.807) is 18.5 Å². The number of tetrazole rings is 1. The third kappa shape index (κ3) is 4.98. The van der Waals surface area contributed by atoms with Gasteiger partial charge in [0.15, 0.2) is 5.82 Å². The molecule has 4 rings (SSSR count). The highest BCUT2D eigenvalue weighted by Crippen LogP contribution is 2.36. The molecule has 2 aliphatic heterocycles. The molecule has 11 nitrogen and oxygen atoms in total. The fraction of sp³-hybridized carbons (Fsp3) is 0.591. The molecule has 3 heterocycles. The number of carboxylic acids is 1. The standard InChI is InChI=1S/C22H30N6O5/c1-22(2,10-18(30)31)9-17(29)23-15-11-32-20-16(12-33-19(15)20)28-21(24-25-26-28)13-5-7-14(8-6-13)27(3)4/h5-8,15-16,19-20H,9-12H2,1-4H3,(H,23,29)(H,30,31). The Balaban J connectivity index is 1.43. The second kappa shape index (κ2) is 9.06. The van der Waals surface area contributed by atoms with Crippen molar-refractivity contribution in [3.63, 3.8) is 0 Å². The summed E-state index contributed by atoms with van der Waals surface area (Å²) < 4.78 is 13.7. The maximum absolute atomic E-state index is 12.6. The number of anilines is 1. The summed E-state index contributed by atoms with van der Waals surface area (Å²) in [6.45, 7) is 4.20. The van der Waals surface area contributed by atoms with E-state index in [0.717, 1.165) is 11.3 Å². The lowest BCUT2D eigenvalue weighted by Crippen LogP contribution is -2.45. The summed E-state index contributed by atoms with van der Waals surface area (Å²) in [6.07, 6.45) is -0.596. The van der Waals surface area contributed by atoms with Gasteiger partial charge in [0, 0.05) is 31.8 Å². The first kappa shape index (κ1) is 23.1.